The largest absolute Gasteiger partial charge is 0.416 e. The SMILES string of the molecule is Cc1cc(C(F)(F)F)cc(N2C(=O)[C@@H](O)[C@@H](O)[C@H]2C(=O)N(CCCN2CCCC2)c2cc(Cl)c(F)cc2F)n1. The molecule has 1 aromatic heterocycles. The van der Waals surface area contributed by atoms with Gasteiger partial charge in [0.25, 0.3) is 11.8 Å². The third-order valence-corrected chi connectivity index (χ3v) is 7.07. The first-order valence-corrected chi connectivity index (χ1v) is 12.6. The van der Waals surface area contributed by atoms with Crippen molar-refractivity contribution in [2.24, 2.45) is 0 Å². The van der Waals surface area contributed by atoms with Gasteiger partial charge >= 0.3 is 6.18 Å². The van der Waals surface area contributed by atoms with Gasteiger partial charge in [0.15, 0.2) is 6.10 Å². The van der Waals surface area contributed by atoms with Gasteiger partial charge in [-0.25, -0.2) is 13.8 Å². The van der Waals surface area contributed by atoms with Crippen molar-refractivity contribution < 1.29 is 41.8 Å². The number of aromatic nitrogens is 1. The maximum absolute atomic E-state index is 14.9. The molecular formula is C25H26ClF5N4O4. The molecule has 0 saturated carbocycles. The number of rotatable bonds is 7. The van der Waals surface area contributed by atoms with E-state index in [0.717, 1.165) is 43.0 Å². The molecule has 2 fully saturated rings. The molecule has 0 spiro atoms. The number of nitrogens with zero attached hydrogens (tertiary/aromatic N) is 4. The normalized spacial score (nSPS) is 22.1. The Bertz CT molecular complexity index is 1260. The van der Waals surface area contributed by atoms with Crippen molar-refractivity contribution in [3.05, 3.63) is 52.2 Å². The number of alkyl halides is 3. The second-order valence-electron chi connectivity index (χ2n) is 9.55. The fourth-order valence-electron chi connectivity index (χ4n) is 4.89. The molecule has 39 heavy (non-hydrogen) atoms. The topological polar surface area (TPSA) is 97.2 Å². The van der Waals surface area contributed by atoms with Crippen LogP contribution in [0.2, 0.25) is 5.02 Å². The Kier molecular flexibility index (Phi) is 8.45. The van der Waals surface area contributed by atoms with Gasteiger partial charge in [-0.1, -0.05) is 11.6 Å². The number of benzene rings is 1. The van der Waals surface area contributed by atoms with Gasteiger partial charge in [0.05, 0.1) is 16.3 Å². The standard InChI is InChI=1S/C25H26ClF5N4O4/c1-13-9-14(25(29,30)31)10-19(32-13)35-20(21(36)22(37)24(35)39)23(38)34(8-4-7-33-5-2-3-6-33)18-11-15(26)16(27)12-17(18)28/h9-12,20-22,36-37H,2-8H2,1H3/t20-,21-,22-/m0/s1. The molecule has 2 aromatic rings. The first-order valence-electron chi connectivity index (χ1n) is 12.2. The Morgan fingerprint density at radius 2 is 1.79 bits per heavy atom. The number of hydrogen-bond donors (Lipinski definition) is 2. The lowest BCUT2D eigenvalue weighted by Gasteiger charge is -2.32. The van der Waals surface area contributed by atoms with Crippen molar-refractivity contribution in [2.45, 2.75) is 50.6 Å². The maximum Gasteiger partial charge on any atom is 0.416 e. The van der Waals surface area contributed by atoms with Crippen molar-refractivity contribution >= 4 is 34.9 Å². The number of halogens is 6. The Hall–Kier alpha value is -2.87. The third kappa shape index (κ3) is 6.01. The minimum atomic E-state index is -4.82. The molecule has 2 amide bonds. The van der Waals surface area contributed by atoms with Crippen LogP contribution in [-0.4, -0.2) is 76.3 Å². The van der Waals surface area contributed by atoms with E-state index in [1.807, 2.05) is 0 Å². The lowest BCUT2D eigenvalue weighted by atomic mass is 10.1. The van der Waals surface area contributed by atoms with Crippen LogP contribution in [0.5, 0.6) is 0 Å². The zero-order valence-electron chi connectivity index (χ0n) is 20.8. The number of hydrogen-bond acceptors (Lipinski definition) is 6. The quantitative estimate of drug-likeness (QED) is 0.388. The van der Waals surface area contributed by atoms with Crippen LogP contribution in [0.3, 0.4) is 0 Å². The number of aryl methyl sites for hydroxylation is 1. The van der Waals surface area contributed by atoms with Crippen LogP contribution in [0.1, 0.15) is 30.5 Å². The fraction of sp³-hybridized carbons (Fsp3) is 0.480. The van der Waals surface area contributed by atoms with Crippen LogP contribution < -0.4 is 9.80 Å². The second kappa shape index (κ2) is 11.3. The Labute approximate surface area is 225 Å². The number of anilines is 2. The summed E-state index contributed by atoms with van der Waals surface area (Å²) in [4.78, 5) is 34.1. The van der Waals surface area contributed by atoms with Crippen molar-refractivity contribution in [1.29, 1.82) is 0 Å². The van der Waals surface area contributed by atoms with E-state index in [9.17, 15) is 41.8 Å². The summed E-state index contributed by atoms with van der Waals surface area (Å²) < 4.78 is 69.3. The zero-order valence-corrected chi connectivity index (χ0v) is 21.5. The van der Waals surface area contributed by atoms with E-state index in [-0.39, 0.29) is 12.2 Å². The van der Waals surface area contributed by atoms with E-state index in [1.165, 1.54) is 6.92 Å². The van der Waals surface area contributed by atoms with E-state index < -0.39 is 70.0 Å². The van der Waals surface area contributed by atoms with Gasteiger partial charge in [0.1, 0.15) is 29.6 Å². The van der Waals surface area contributed by atoms with E-state index >= 15 is 0 Å². The highest BCUT2D eigenvalue weighted by molar-refractivity contribution is 6.31. The Morgan fingerprint density at radius 1 is 1.13 bits per heavy atom. The number of carbonyl (C=O) groups is 2. The molecule has 1 aromatic carbocycles. The van der Waals surface area contributed by atoms with Gasteiger partial charge in [-0.3, -0.25) is 14.5 Å². The average molecular weight is 577 g/mol. The lowest BCUT2D eigenvalue weighted by Crippen LogP contribution is -2.52. The lowest BCUT2D eigenvalue weighted by molar-refractivity contribution is -0.137. The molecule has 2 aliphatic heterocycles. The molecule has 0 aliphatic carbocycles. The summed E-state index contributed by atoms with van der Waals surface area (Å²) in [6.07, 6.45) is -6.77. The van der Waals surface area contributed by atoms with Crippen LogP contribution in [0.15, 0.2) is 24.3 Å². The van der Waals surface area contributed by atoms with E-state index in [2.05, 4.69) is 9.88 Å². The van der Waals surface area contributed by atoms with Gasteiger partial charge in [0.2, 0.25) is 0 Å². The molecule has 2 saturated heterocycles. The highest BCUT2D eigenvalue weighted by Gasteiger charge is 2.53. The molecule has 2 N–H and O–H groups in total. The van der Waals surface area contributed by atoms with E-state index in [1.54, 1.807) is 0 Å². The Balaban J connectivity index is 1.74. The van der Waals surface area contributed by atoms with Crippen LogP contribution in [-0.2, 0) is 15.8 Å². The van der Waals surface area contributed by atoms with Gasteiger partial charge in [-0.15, -0.1) is 0 Å². The molecule has 212 valence electrons. The minimum Gasteiger partial charge on any atom is -0.387 e. The first kappa shape index (κ1) is 29.1. The monoisotopic (exact) mass is 576 g/mol. The first-order chi connectivity index (χ1) is 18.3. The molecular weight excluding hydrogens is 551 g/mol. The van der Waals surface area contributed by atoms with Crippen molar-refractivity contribution in [3.8, 4) is 0 Å². The van der Waals surface area contributed by atoms with Gasteiger partial charge < -0.3 is 20.0 Å². The summed E-state index contributed by atoms with van der Waals surface area (Å²) in [6.45, 7) is 3.27. The summed E-state index contributed by atoms with van der Waals surface area (Å²) >= 11 is 5.85. The minimum absolute atomic E-state index is 0.145. The van der Waals surface area contributed by atoms with Crippen LogP contribution >= 0.6 is 11.6 Å². The predicted octanol–water partition coefficient (Wildman–Crippen LogP) is 3.30. The smallest absolute Gasteiger partial charge is 0.387 e. The maximum atomic E-state index is 14.9. The van der Waals surface area contributed by atoms with Crippen LogP contribution in [0, 0.1) is 18.6 Å². The summed E-state index contributed by atoms with van der Waals surface area (Å²) in [6, 6.07) is 0.630. The molecule has 2 aliphatic rings. The number of aliphatic hydroxyl groups excluding tert-OH is 2. The molecule has 0 unspecified atom stereocenters. The predicted molar refractivity (Wildman–Crippen MR) is 131 cm³/mol. The number of pyridine rings is 1. The van der Waals surface area contributed by atoms with Crippen molar-refractivity contribution in [2.75, 3.05) is 36.0 Å². The molecule has 8 nitrogen and oxygen atoms in total. The van der Waals surface area contributed by atoms with E-state index in [4.69, 9.17) is 11.6 Å². The summed E-state index contributed by atoms with van der Waals surface area (Å²) in [7, 11) is 0. The van der Waals surface area contributed by atoms with Crippen LogP contribution in [0.25, 0.3) is 0 Å². The average Bonchev–Trinajstić information content (AvgIpc) is 3.45. The molecule has 0 radical (unpaired) electrons. The van der Waals surface area contributed by atoms with Gasteiger partial charge in [-0.2, -0.15) is 13.2 Å². The molecule has 14 heteroatoms. The highest BCUT2D eigenvalue weighted by atomic mass is 35.5. The van der Waals surface area contributed by atoms with Gasteiger partial charge in [0, 0.05) is 18.3 Å². The number of amides is 2. The summed E-state index contributed by atoms with van der Waals surface area (Å²) in [5, 5.41) is 20.5. The van der Waals surface area contributed by atoms with E-state index in [0.29, 0.717) is 30.0 Å². The highest BCUT2D eigenvalue weighted by Crippen LogP contribution is 2.36. The van der Waals surface area contributed by atoms with Gasteiger partial charge in [-0.05, 0) is 64.0 Å². The van der Waals surface area contributed by atoms with Crippen molar-refractivity contribution in [1.82, 2.24) is 9.88 Å². The Morgan fingerprint density at radius 3 is 2.44 bits per heavy atom. The molecule has 3 heterocycles. The molecule has 3 atom stereocenters. The summed E-state index contributed by atoms with van der Waals surface area (Å²) in [5.41, 5.74) is -1.77. The molecule has 4 rings (SSSR count). The number of carbonyl (C=O) groups excluding carboxylic acids is 2. The fourth-order valence-corrected chi connectivity index (χ4v) is 5.05. The zero-order chi connectivity index (χ0) is 28.6. The summed E-state index contributed by atoms with van der Waals surface area (Å²) in [5.74, 6) is -5.26. The number of aliphatic hydroxyl groups is 2. The third-order valence-electron chi connectivity index (χ3n) is 6.78. The number of likely N-dealkylation sites (tertiary alicyclic amines) is 1. The van der Waals surface area contributed by atoms with Crippen LogP contribution in [0.4, 0.5) is 33.5 Å². The van der Waals surface area contributed by atoms with Crippen molar-refractivity contribution in [3.63, 3.8) is 0 Å². The molecule has 0 bridgehead atoms. The second-order valence-corrected chi connectivity index (χ2v) is 9.96.